The summed E-state index contributed by atoms with van der Waals surface area (Å²) < 4.78 is 51.4. The molecule has 1 amide bonds. The van der Waals surface area contributed by atoms with Crippen LogP contribution in [0.5, 0.6) is 5.75 Å². The van der Waals surface area contributed by atoms with Crippen LogP contribution in [0, 0.1) is 11.6 Å². The van der Waals surface area contributed by atoms with Gasteiger partial charge in [0, 0.05) is 18.3 Å². The highest BCUT2D eigenvalue weighted by Crippen LogP contribution is 2.23. The summed E-state index contributed by atoms with van der Waals surface area (Å²) in [5.41, 5.74) is -0.721. The number of carbonyl (C=O) groups is 1. The zero-order valence-corrected chi connectivity index (χ0v) is 10.4. The molecule has 0 aliphatic rings. The first-order valence-electron chi connectivity index (χ1n) is 5.67. The Morgan fingerprint density at radius 3 is 2.71 bits per heavy atom. The number of aromatic nitrogens is 2. The minimum absolute atomic E-state index is 0.0313. The van der Waals surface area contributed by atoms with Gasteiger partial charge in [0.1, 0.15) is 29.5 Å². The number of phenols is 1. The number of rotatable bonds is 4. The van der Waals surface area contributed by atoms with Gasteiger partial charge in [0.2, 0.25) is 0 Å². The molecule has 1 aromatic heterocycles. The summed E-state index contributed by atoms with van der Waals surface area (Å²) in [6, 6.07) is 1.02. The quantitative estimate of drug-likeness (QED) is 0.852. The third-order valence-electron chi connectivity index (χ3n) is 2.48. The van der Waals surface area contributed by atoms with E-state index in [1.807, 2.05) is 0 Å². The number of halogens is 4. The number of phenolic OH excluding ortho intramolecular Hbond substituents is 1. The van der Waals surface area contributed by atoms with Crippen molar-refractivity contribution in [1.82, 2.24) is 9.78 Å². The lowest BCUT2D eigenvalue weighted by molar-refractivity contribution is 0.102. The number of benzene rings is 1. The van der Waals surface area contributed by atoms with Crippen molar-refractivity contribution in [3.8, 4) is 5.75 Å². The highest BCUT2D eigenvalue weighted by atomic mass is 19.3. The van der Waals surface area contributed by atoms with Crippen molar-refractivity contribution in [2.24, 2.45) is 0 Å². The molecule has 0 radical (unpaired) electrons. The zero-order valence-electron chi connectivity index (χ0n) is 10.4. The van der Waals surface area contributed by atoms with Crippen LogP contribution in [0.4, 0.5) is 23.2 Å². The second-order valence-electron chi connectivity index (χ2n) is 4.08. The van der Waals surface area contributed by atoms with Crippen LogP contribution in [0.3, 0.4) is 0 Å². The molecule has 5 nitrogen and oxygen atoms in total. The molecule has 112 valence electrons. The molecular weight excluding hydrogens is 294 g/mol. The molecule has 0 bridgehead atoms. The number of carbonyl (C=O) groups excluding carboxylic acids is 1. The van der Waals surface area contributed by atoms with Crippen LogP contribution >= 0.6 is 0 Å². The van der Waals surface area contributed by atoms with Crippen molar-refractivity contribution >= 4 is 11.6 Å². The maximum absolute atomic E-state index is 13.5. The second kappa shape index (κ2) is 5.81. The number of hydrogen-bond donors (Lipinski definition) is 2. The van der Waals surface area contributed by atoms with Gasteiger partial charge < -0.3 is 10.4 Å². The molecule has 0 aliphatic heterocycles. The standard InChI is InChI=1S/C12H9F4N3O2/c13-6-1-8(14)11(9(20)2-6)12(21)18-7-3-17-19(4-7)5-10(15)16/h1-4,10,20H,5H2,(H,18,21). The zero-order chi connectivity index (χ0) is 15.6. The summed E-state index contributed by atoms with van der Waals surface area (Å²) >= 11 is 0. The average Bonchev–Trinajstić information content (AvgIpc) is 2.73. The number of hydrogen-bond acceptors (Lipinski definition) is 3. The Labute approximate surface area is 115 Å². The van der Waals surface area contributed by atoms with E-state index < -0.39 is 41.8 Å². The van der Waals surface area contributed by atoms with Crippen LogP contribution in [0.15, 0.2) is 24.5 Å². The lowest BCUT2D eigenvalue weighted by atomic mass is 10.1. The molecule has 0 fully saturated rings. The van der Waals surface area contributed by atoms with E-state index in [0.29, 0.717) is 12.1 Å². The maximum Gasteiger partial charge on any atom is 0.262 e. The first-order valence-corrected chi connectivity index (χ1v) is 5.67. The van der Waals surface area contributed by atoms with Gasteiger partial charge in [-0.2, -0.15) is 5.10 Å². The molecule has 21 heavy (non-hydrogen) atoms. The van der Waals surface area contributed by atoms with Crippen LogP contribution in [0.2, 0.25) is 0 Å². The summed E-state index contributed by atoms with van der Waals surface area (Å²) in [5.74, 6) is -4.21. The fourth-order valence-electron chi connectivity index (χ4n) is 1.65. The Kier molecular flexibility index (Phi) is 4.10. The summed E-state index contributed by atoms with van der Waals surface area (Å²) in [7, 11) is 0. The first-order chi connectivity index (χ1) is 9.86. The van der Waals surface area contributed by atoms with Crippen LogP contribution < -0.4 is 5.32 Å². The van der Waals surface area contributed by atoms with Crippen molar-refractivity contribution in [1.29, 1.82) is 0 Å². The predicted octanol–water partition coefficient (Wildman–Crippen LogP) is 2.38. The summed E-state index contributed by atoms with van der Waals surface area (Å²) in [5, 5.41) is 15.1. The average molecular weight is 303 g/mol. The highest BCUT2D eigenvalue weighted by Gasteiger charge is 2.19. The van der Waals surface area contributed by atoms with Crippen molar-refractivity contribution in [3.05, 3.63) is 41.7 Å². The third-order valence-corrected chi connectivity index (χ3v) is 2.48. The highest BCUT2D eigenvalue weighted by molar-refractivity contribution is 6.06. The molecule has 0 unspecified atom stereocenters. The van der Waals surface area contributed by atoms with E-state index in [1.165, 1.54) is 0 Å². The van der Waals surface area contributed by atoms with E-state index in [1.54, 1.807) is 0 Å². The Morgan fingerprint density at radius 1 is 1.38 bits per heavy atom. The van der Waals surface area contributed by atoms with E-state index in [2.05, 4.69) is 10.4 Å². The van der Waals surface area contributed by atoms with Crippen molar-refractivity contribution < 1.29 is 27.5 Å². The molecule has 0 saturated carbocycles. The van der Waals surface area contributed by atoms with Gasteiger partial charge in [-0.25, -0.2) is 17.6 Å². The van der Waals surface area contributed by atoms with E-state index >= 15 is 0 Å². The predicted molar refractivity (Wildman–Crippen MR) is 64.2 cm³/mol. The topological polar surface area (TPSA) is 67.2 Å². The van der Waals surface area contributed by atoms with Crippen LogP contribution in [-0.4, -0.2) is 27.2 Å². The van der Waals surface area contributed by atoms with Crippen LogP contribution in [0.1, 0.15) is 10.4 Å². The minimum atomic E-state index is -2.62. The first kappa shape index (κ1) is 14.8. The minimum Gasteiger partial charge on any atom is -0.507 e. The van der Waals surface area contributed by atoms with Crippen molar-refractivity contribution in [2.45, 2.75) is 13.0 Å². The van der Waals surface area contributed by atoms with Crippen molar-refractivity contribution in [3.63, 3.8) is 0 Å². The third kappa shape index (κ3) is 3.50. The number of alkyl halides is 2. The van der Waals surface area contributed by atoms with Gasteiger partial charge in [-0.05, 0) is 0 Å². The van der Waals surface area contributed by atoms with Crippen LogP contribution in [-0.2, 0) is 6.54 Å². The Hall–Kier alpha value is -2.58. The smallest absolute Gasteiger partial charge is 0.262 e. The van der Waals surface area contributed by atoms with Crippen molar-refractivity contribution in [2.75, 3.05) is 5.32 Å². The largest absolute Gasteiger partial charge is 0.507 e. The fraction of sp³-hybridized carbons (Fsp3) is 0.167. The molecule has 2 N–H and O–H groups in total. The summed E-state index contributed by atoms with van der Waals surface area (Å²) in [6.07, 6.45) is -0.423. The summed E-state index contributed by atoms with van der Waals surface area (Å²) in [6.45, 7) is -0.661. The SMILES string of the molecule is O=C(Nc1cnn(CC(F)F)c1)c1c(O)cc(F)cc1F. The van der Waals surface area contributed by atoms with Gasteiger partial charge in [-0.1, -0.05) is 0 Å². The van der Waals surface area contributed by atoms with E-state index in [0.717, 1.165) is 17.1 Å². The Morgan fingerprint density at radius 2 is 2.10 bits per heavy atom. The number of amides is 1. The monoisotopic (exact) mass is 303 g/mol. The van der Waals surface area contributed by atoms with E-state index in [-0.39, 0.29) is 5.69 Å². The normalized spacial score (nSPS) is 10.9. The van der Waals surface area contributed by atoms with Gasteiger partial charge in [0.25, 0.3) is 12.3 Å². The number of nitrogens with zero attached hydrogens (tertiary/aromatic N) is 2. The van der Waals surface area contributed by atoms with Gasteiger partial charge in [-0.3, -0.25) is 9.48 Å². The number of aromatic hydroxyl groups is 1. The molecule has 0 aliphatic carbocycles. The molecule has 0 saturated heterocycles. The van der Waals surface area contributed by atoms with E-state index in [4.69, 9.17) is 0 Å². The molecule has 9 heteroatoms. The molecule has 2 rings (SSSR count). The molecule has 1 aromatic carbocycles. The van der Waals surface area contributed by atoms with Gasteiger partial charge in [0.15, 0.2) is 0 Å². The van der Waals surface area contributed by atoms with Gasteiger partial charge in [-0.15, -0.1) is 0 Å². The molecule has 0 spiro atoms. The Bertz CT molecular complexity index is 649. The lowest BCUT2D eigenvalue weighted by Gasteiger charge is -2.06. The Balaban J connectivity index is 2.17. The maximum atomic E-state index is 13.5. The molecule has 0 atom stereocenters. The fourth-order valence-corrected chi connectivity index (χ4v) is 1.65. The van der Waals surface area contributed by atoms with Gasteiger partial charge >= 0.3 is 0 Å². The molecule has 2 aromatic rings. The number of anilines is 1. The van der Waals surface area contributed by atoms with E-state index in [9.17, 15) is 27.5 Å². The van der Waals surface area contributed by atoms with Crippen LogP contribution in [0.25, 0.3) is 0 Å². The van der Waals surface area contributed by atoms with Gasteiger partial charge in [0.05, 0.1) is 11.9 Å². The second-order valence-corrected chi connectivity index (χ2v) is 4.08. The molecule has 1 heterocycles. The molecular formula is C12H9F4N3O2. The lowest BCUT2D eigenvalue weighted by Crippen LogP contribution is -2.14. The number of nitrogens with one attached hydrogen (secondary N) is 1. The summed E-state index contributed by atoms with van der Waals surface area (Å²) in [4.78, 5) is 11.8.